The zero-order valence-electron chi connectivity index (χ0n) is 18.7. The van der Waals surface area contributed by atoms with Gasteiger partial charge in [-0.1, -0.05) is 18.6 Å². The Balaban J connectivity index is 1.64. The molecule has 2 heterocycles. The molecule has 0 spiro atoms. The van der Waals surface area contributed by atoms with Crippen LogP contribution in [0.3, 0.4) is 0 Å². The maximum atomic E-state index is 13.4. The van der Waals surface area contributed by atoms with E-state index in [0.717, 1.165) is 56.6 Å². The van der Waals surface area contributed by atoms with Crippen molar-refractivity contribution in [1.29, 1.82) is 0 Å². The van der Waals surface area contributed by atoms with E-state index in [0.29, 0.717) is 6.54 Å². The Bertz CT molecular complexity index is 1080. The fourth-order valence-electron chi connectivity index (χ4n) is 4.58. The number of benzene rings is 2. The van der Waals surface area contributed by atoms with E-state index >= 15 is 0 Å². The van der Waals surface area contributed by atoms with Crippen molar-refractivity contribution in [3.05, 3.63) is 48.0 Å². The van der Waals surface area contributed by atoms with Gasteiger partial charge in [-0.25, -0.2) is 8.42 Å². The molecule has 0 saturated carbocycles. The zero-order chi connectivity index (χ0) is 22.7. The highest BCUT2D eigenvalue weighted by Gasteiger charge is 2.33. The number of nitrogens with zero attached hydrogens (tertiary/aromatic N) is 2. The molecular weight excluding hydrogens is 426 g/mol. The van der Waals surface area contributed by atoms with Crippen LogP contribution in [0, 0.1) is 0 Å². The third kappa shape index (κ3) is 4.47. The molecule has 1 N–H and O–H groups in total. The fourth-order valence-corrected chi connectivity index (χ4v) is 6.47. The monoisotopic (exact) mass is 457 g/mol. The SMILES string of the molecule is COc1ccc(C(=O)Nc2ccccc2N2CCCC2)cc1S(=O)(=O)N1CCCCC1C. The lowest BCUT2D eigenvalue weighted by atomic mass is 10.1. The summed E-state index contributed by atoms with van der Waals surface area (Å²) >= 11 is 0. The van der Waals surface area contributed by atoms with Crippen molar-refractivity contribution in [2.24, 2.45) is 0 Å². The van der Waals surface area contributed by atoms with Crippen molar-refractivity contribution >= 4 is 27.3 Å². The van der Waals surface area contributed by atoms with Crippen molar-refractivity contribution in [3.63, 3.8) is 0 Å². The van der Waals surface area contributed by atoms with Gasteiger partial charge >= 0.3 is 0 Å². The van der Waals surface area contributed by atoms with Crippen molar-refractivity contribution < 1.29 is 17.9 Å². The van der Waals surface area contributed by atoms with Gasteiger partial charge in [-0.15, -0.1) is 0 Å². The van der Waals surface area contributed by atoms with Crippen LogP contribution in [-0.2, 0) is 10.0 Å². The molecule has 172 valence electrons. The van der Waals surface area contributed by atoms with Crippen LogP contribution >= 0.6 is 0 Å². The first kappa shape index (κ1) is 22.6. The maximum absolute atomic E-state index is 13.4. The second-order valence-corrected chi connectivity index (χ2v) is 10.4. The highest BCUT2D eigenvalue weighted by molar-refractivity contribution is 7.89. The number of ether oxygens (including phenoxy) is 1. The Morgan fingerprint density at radius 3 is 2.47 bits per heavy atom. The number of hydrogen-bond donors (Lipinski definition) is 1. The van der Waals surface area contributed by atoms with Crippen LogP contribution in [-0.4, -0.2) is 51.4 Å². The minimum atomic E-state index is -3.78. The van der Waals surface area contributed by atoms with E-state index in [-0.39, 0.29) is 28.2 Å². The van der Waals surface area contributed by atoms with E-state index in [1.165, 1.54) is 17.5 Å². The lowest BCUT2D eigenvalue weighted by Crippen LogP contribution is -2.42. The van der Waals surface area contributed by atoms with Gasteiger partial charge in [0.2, 0.25) is 10.0 Å². The van der Waals surface area contributed by atoms with Gasteiger partial charge in [0.25, 0.3) is 5.91 Å². The standard InChI is InChI=1S/C24H31N3O4S/c1-18-9-5-6-16-27(18)32(29,30)23-17-19(12-13-22(23)31-2)24(28)25-20-10-3-4-11-21(20)26-14-7-8-15-26/h3-4,10-13,17-18H,5-9,14-16H2,1-2H3,(H,25,28). The maximum Gasteiger partial charge on any atom is 0.255 e. The van der Waals surface area contributed by atoms with Gasteiger partial charge in [0.1, 0.15) is 10.6 Å². The van der Waals surface area contributed by atoms with Crippen LogP contribution in [0.15, 0.2) is 47.4 Å². The first-order valence-corrected chi connectivity index (χ1v) is 12.7. The molecule has 2 aliphatic heterocycles. The van der Waals surface area contributed by atoms with E-state index < -0.39 is 10.0 Å². The number of para-hydroxylation sites is 2. The molecule has 2 fully saturated rings. The third-order valence-electron chi connectivity index (χ3n) is 6.35. The normalized spacial score (nSPS) is 19.7. The second-order valence-electron chi connectivity index (χ2n) is 8.49. The number of carbonyl (C=O) groups is 1. The molecule has 8 heteroatoms. The van der Waals surface area contributed by atoms with Gasteiger partial charge in [0.15, 0.2) is 0 Å². The number of rotatable bonds is 6. The number of sulfonamides is 1. The molecule has 0 radical (unpaired) electrons. The van der Waals surface area contributed by atoms with Gasteiger partial charge in [-0.05, 0) is 62.9 Å². The molecule has 2 aromatic carbocycles. The van der Waals surface area contributed by atoms with Crippen molar-refractivity contribution in [1.82, 2.24) is 4.31 Å². The molecule has 1 unspecified atom stereocenters. The summed E-state index contributed by atoms with van der Waals surface area (Å²) < 4.78 is 33.8. The molecule has 0 aliphatic carbocycles. The summed E-state index contributed by atoms with van der Waals surface area (Å²) in [5.41, 5.74) is 2.00. The Morgan fingerprint density at radius 1 is 1.03 bits per heavy atom. The first-order valence-electron chi connectivity index (χ1n) is 11.3. The van der Waals surface area contributed by atoms with Crippen LogP contribution in [0.1, 0.15) is 49.4 Å². The molecule has 7 nitrogen and oxygen atoms in total. The van der Waals surface area contributed by atoms with Gasteiger partial charge in [-0.3, -0.25) is 4.79 Å². The van der Waals surface area contributed by atoms with Gasteiger partial charge in [-0.2, -0.15) is 4.31 Å². The molecule has 1 amide bonds. The molecule has 0 aromatic heterocycles. The zero-order valence-corrected chi connectivity index (χ0v) is 19.5. The Hall–Kier alpha value is -2.58. The minimum absolute atomic E-state index is 0.0363. The van der Waals surface area contributed by atoms with Crippen molar-refractivity contribution in [2.75, 3.05) is 37.0 Å². The quantitative estimate of drug-likeness (QED) is 0.706. The fraction of sp³-hybridized carbons (Fsp3) is 0.458. The van der Waals surface area contributed by atoms with E-state index in [2.05, 4.69) is 10.2 Å². The Morgan fingerprint density at radius 2 is 1.75 bits per heavy atom. The van der Waals surface area contributed by atoms with Crippen molar-refractivity contribution in [3.8, 4) is 5.75 Å². The summed E-state index contributed by atoms with van der Waals surface area (Å²) in [7, 11) is -2.34. The summed E-state index contributed by atoms with van der Waals surface area (Å²) in [5, 5.41) is 2.98. The lowest BCUT2D eigenvalue weighted by molar-refractivity contribution is 0.102. The highest BCUT2D eigenvalue weighted by Crippen LogP contribution is 2.33. The summed E-state index contributed by atoms with van der Waals surface area (Å²) in [6.07, 6.45) is 4.95. The highest BCUT2D eigenvalue weighted by atomic mass is 32.2. The number of hydrogen-bond acceptors (Lipinski definition) is 5. The second kappa shape index (κ2) is 9.50. The summed E-state index contributed by atoms with van der Waals surface area (Å²) in [4.78, 5) is 15.4. The smallest absolute Gasteiger partial charge is 0.255 e. The summed E-state index contributed by atoms with van der Waals surface area (Å²) in [5.74, 6) is -0.0979. The predicted octanol–water partition coefficient (Wildman–Crippen LogP) is 4.11. The minimum Gasteiger partial charge on any atom is -0.495 e. The molecule has 32 heavy (non-hydrogen) atoms. The van der Waals surface area contributed by atoms with Gasteiger partial charge in [0.05, 0.1) is 18.5 Å². The first-order chi connectivity index (χ1) is 15.4. The number of carbonyl (C=O) groups excluding carboxylic acids is 1. The molecule has 0 bridgehead atoms. The number of amides is 1. The predicted molar refractivity (Wildman–Crippen MR) is 126 cm³/mol. The van der Waals surface area contributed by atoms with Gasteiger partial charge in [0, 0.05) is 31.2 Å². The third-order valence-corrected chi connectivity index (χ3v) is 8.39. The molecule has 4 rings (SSSR count). The topological polar surface area (TPSA) is 79.0 Å². The van der Waals surface area contributed by atoms with Crippen LogP contribution in [0.25, 0.3) is 0 Å². The van der Waals surface area contributed by atoms with E-state index in [1.54, 1.807) is 12.1 Å². The summed E-state index contributed by atoms with van der Waals surface area (Å²) in [6, 6.07) is 12.2. The van der Waals surface area contributed by atoms with Gasteiger partial charge < -0.3 is 15.0 Å². The molecule has 2 aliphatic rings. The Labute approximate surface area is 190 Å². The van der Waals surface area contributed by atoms with Crippen LogP contribution < -0.4 is 15.0 Å². The molecule has 2 aromatic rings. The van der Waals surface area contributed by atoms with E-state index in [9.17, 15) is 13.2 Å². The van der Waals surface area contributed by atoms with E-state index in [4.69, 9.17) is 4.74 Å². The number of methoxy groups -OCH3 is 1. The molecular formula is C24H31N3O4S. The van der Waals surface area contributed by atoms with Crippen LogP contribution in [0.2, 0.25) is 0 Å². The van der Waals surface area contributed by atoms with Crippen LogP contribution in [0.5, 0.6) is 5.75 Å². The number of nitrogens with one attached hydrogen (secondary N) is 1. The number of piperidine rings is 1. The number of anilines is 2. The van der Waals surface area contributed by atoms with Crippen LogP contribution in [0.4, 0.5) is 11.4 Å². The average molecular weight is 458 g/mol. The largest absolute Gasteiger partial charge is 0.495 e. The van der Waals surface area contributed by atoms with Crippen molar-refractivity contribution in [2.45, 2.75) is 50.0 Å². The Kier molecular flexibility index (Phi) is 6.71. The molecule has 2 saturated heterocycles. The average Bonchev–Trinajstić information content (AvgIpc) is 3.34. The molecule has 1 atom stereocenters. The summed E-state index contributed by atoms with van der Waals surface area (Å²) in [6.45, 7) is 4.33. The lowest BCUT2D eigenvalue weighted by Gasteiger charge is -2.32. The van der Waals surface area contributed by atoms with E-state index in [1.807, 2.05) is 31.2 Å².